The van der Waals surface area contributed by atoms with Crippen LogP contribution in [0.4, 0.5) is 0 Å². The van der Waals surface area contributed by atoms with Gasteiger partial charge in [0.2, 0.25) is 0 Å². The van der Waals surface area contributed by atoms with Crippen LogP contribution in [0.3, 0.4) is 0 Å². The molecule has 0 radical (unpaired) electrons. The third-order valence-corrected chi connectivity index (χ3v) is 8.21. The molecule has 2 bridgehead atoms. The minimum atomic E-state index is 0.519. The molecule has 6 atom stereocenters. The molecule has 0 nitrogen and oxygen atoms in total. The molecule has 22 heavy (non-hydrogen) atoms. The first-order chi connectivity index (χ1) is 10.3. The lowest BCUT2D eigenvalue weighted by atomic mass is 9.63. The van der Waals surface area contributed by atoms with Gasteiger partial charge in [0.05, 0.1) is 0 Å². The normalized spacial score (nSPS) is 48.8. The van der Waals surface area contributed by atoms with E-state index in [1.165, 1.54) is 25.7 Å². The lowest BCUT2D eigenvalue weighted by Gasteiger charge is -2.41. The van der Waals surface area contributed by atoms with E-state index in [4.69, 9.17) is 0 Å². The Labute approximate surface area is 137 Å². The summed E-state index contributed by atoms with van der Waals surface area (Å²) in [6, 6.07) is 0. The molecule has 4 rings (SSSR count). The first-order valence-electron chi connectivity index (χ1n) is 9.64. The van der Waals surface area contributed by atoms with Crippen molar-refractivity contribution in [2.75, 3.05) is 0 Å². The molecule has 0 saturated heterocycles. The molecule has 2 fully saturated rings. The average molecular weight is 299 g/mol. The summed E-state index contributed by atoms with van der Waals surface area (Å²) in [6.45, 7) is 14.9. The Balaban J connectivity index is 1.80. The van der Waals surface area contributed by atoms with Crippen LogP contribution in [0.25, 0.3) is 0 Å². The summed E-state index contributed by atoms with van der Waals surface area (Å²) in [7, 11) is 0. The SMILES string of the molecule is CC1=CC23CC(C=C(C(C)C)CC2C1)C1C(C[C@H]3C)C1(C)C. The Morgan fingerprint density at radius 1 is 1.18 bits per heavy atom. The van der Waals surface area contributed by atoms with Crippen LogP contribution in [0.2, 0.25) is 0 Å². The van der Waals surface area contributed by atoms with Crippen molar-refractivity contribution in [3.8, 4) is 0 Å². The number of fused-ring (bicyclic) bond motifs is 3. The first-order valence-corrected chi connectivity index (χ1v) is 9.64. The fourth-order valence-electron chi connectivity index (χ4n) is 6.89. The van der Waals surface area contributed by atoms with Gasteiger partial charge in [-0.1, -0.05) is 57.9 Å². The van der Waals surface area contributed by atoms with Gasteiger partial charge in [-0.2, -0.15) is 0 Å². The topological polar surface area (TPSA) is 0 Å². The van der Waals surface area contributed by atoms with Gasteiger partial charge in [-0.05, 0) is 78.9 Å². The molecule has 0 aromatic heterocycles. The summed E-state index contributed by atoms with van der Waals surface area (Å²) in [4.78, 5) is 0. The second-order valence-corrected chi connectivity index (χ2v) is 10.1. The maximum atomic E-state index is 2.76. The molecule has 4 aliphatic carbocycles. The number of rotatable bonds is 1. The zero-order chi connectivity index (χ0) is 15.9. The van der Waals surface area contributed by atoms with Crippen LogP contribution in [-0.4, -0.2) is 0 Å². The van der Waals surface area contributed by atoms with Gasteiger partial charge in [0, 0.05) is 0 Å². The highest BCUT2D eigenvalue weighted by Crippen LogP contribution is 2.72. The van der Waals surface area contributed by atoms with Crippen molar-refractivity contribution >= 4 is 0 Å². The predicted octanol–water partition coefficient (Wildman–Crippen LogP) is 6.24. The summed E-state index contributed by atoms with van der Waals surface area (Å²) in [5.41, 5.74) is 4.56. The van der Waals surface area contributed by atoms with Gasteiger partial charge in [0.15, 0.2) is 0 Å². The van der Waals surface area contributed by atoms with Gasteiger partial charge in [0.1, 0.15) is 0 Å². The van der Waals surface area contributed by atoms with Gasteiger partial charge in [0.25, 0.3) is 0 Å². The van der Waals surface area contributed by atoms with Crippen molar-refractivity contribution in [3.05, 3.63) is 23.3 Å². The number of allylic oxidation sites excluding steroid dienone is 4. The van der Waals surface area contributed by atoms with Crippen molar-refractivity contribution in [1.82, 2.24) is 0 Å². The molecule has 0 aromatic rings. The summed E-state index contributed by atoms with van der Waals surface area (Å²) in [5, 5.41) is 0. The highest BCUT2D eigenvalue weighted by atomic mass is 14.7. The van der Waals surface area contributed by atoms with Crippen LogP contribution in [0, 0.1) is 46.3 Å². The van der Waals surface area contributed by atoms with Gasteiger partial charge in [-0.15, -0.1) is 0 Å². The molecule has 0 aromatic carbocycles. The van der Waals surface area contributed by atoms with E-state index < -0.39 is 0 Å². The molecule has 2 saturated carbocycles. The molecule has 4 aliphatic rings. The fraction of sp³-hybridized carbons (Fsp3) is 0.818. The van der Waals surface area contributed by atoms with Crippen molar-refractivity contribution in [2.24, 2.45) is 46.3 Å². The van der Waals surface area contributed by atoms with E-state index in [2.05, 4.69) is 53.7 Å². The third kappa shape index (κ3) is 1.88. The van der Waals surface area contributed by atoms with E-state index in [0.717, 1.165) is 35.5 Å². The van der Waals surface area contributed by atoms with Gasteiger partial charge >= 0.3 is 0 Å². The number of hydrogen-bond acceptors (Lipinski definition) is 0. The van der Waals surface area contributed by atoms with Crippen LogP contribution in [0.1, 0.15) is 67.2 Å². The molecular formula is C22H34. The Bertz CT molecular complexity index is 546. The van der Waals surface area contributed by atoms with E-state index in [9.17, 15) is 0 Å². The number of hydrogen-bond donors (Lipinski definition) is 0. The lowest BCUT2D eigenvalue weighted by molar-refractivity contribution is 0.121. The smallest absolute Gasteiger partial charge is 0.00499 e. The van der Waals surface area contributed by atoms with Crippen LogP contribution >= 0.6 is 0 Å². The summed E-state index contributed by atoms with van der Waals surface area (Å²) in [6.07, 6.45) is 11.1. The average Bonchev–Trinajstić information content (AvgIpc) is 2.89. The maximum Gasteiger partial charge on any atom is -0.00499 e. The maximum absolute atomic E-state index is 2.76. The second kappa shape index (κ2) is 4.52. The molecule has 0 amide bonds. The fourth-order valence-corrected chi connectivity index (χ4v) is 6.89. The standard InChI is InChI=1S/C22H34/c1-13(2)16-9-17-12-22(11-14(3)7-18(22)10-16)15(4)8-19-20(17)21(19,5)6/h9,11,13,15,17-20H,7-8,10,12H2,1-6H3/t15-,17?,18?,19?,20?,22?/m1/s1. The summed E-state index contributed by atoms with van der Waals surface area (Å²) >= 11 is 0. The van der Waals surface area contributed by atoms with Gasteiger partial charge in [-0.25, -0.2) is 0 Å². The Morgan fingerprint density at radius 3 is 2.59 bits per heavy atom. The van der Waals surface area contributed by atoms with Crippen LogP contribution in [-0.2, 0) is 0 Å². The van der Waals surface area contributed by atoms with E-state index >= 15 is 0 Å². The van der Waals surface area contributed by atoms with E-state index in [-0.39, 0.29) is 0 Å². The lowest BCUT2D eigenvalue weighted by Crippen LogP contribution is -2.33. The molecule has 122 valence electrons. The van der Waals surface area contributed by atoms with Crippen molar-refractivity contribution in [1.29, 1.82) is 0 Å². The first kappa shape index (κ1) is 15.0. The van der Waals surface area contributed by atoms with Crippen LogP contribution in [0.5, 0.6) is 0 Å². The zero-order valence-electron chi connectivity index (χ0n) is 15.4. The van der Waals surface area contributed by atoms with E-state index in [1.54, 1.807) is 11.1 Å². The highest BCUT2D eigenvalue weighted by Gasteiger charge is 2.65. The second-order valence-electron chi connectivity index (χ2n) is 10.1. The van der Waals surface area contributed by atoms with Crippen molar-refractivity contribution in [2.45, 2.75) is 67.2 Å². The summed E-state index contributed by atoms with van der Waals surface area (Å²) < 4.78 is 0. The molecule has 5 unspecified atom stereocenters. The quantitative estimate of drug-likeness (QED) is 0.502. The Hall–Kier alpha value is -0.520. The van der Waals surface area contributed by atoms with Crippen molar-refractivity contribution < 1.29 is 0 Å². The Morgan fingerprint density at radius 2 is 1.91 bits per heavy atom. The van der Waals surface area contributed by atoms with E-state index in [0.29, 0.717) is 10.8 Å². The monoisotopic (exact) mass is 298 g/mol. The molecule has 0 heteroatoms. The molecular weight excluding hydrogens is 264 g/mol. The van der Waals surface area contributed by atoms with Crippen LogP contribution < -0.4 is 0 Å². The van der Waals surface area contributed by atoms with Crippen LogP contribution in [0.15, 0.2) is 23.3 Å². The minimum absolute atomic E-state index is 0.519. The minimum Gasteiger partial charge on any atom is -0.0816 e. The van der Waals surface area contributed by atoms with Gasteiger partial charge < -0.3 is 0 Å². The predicted molar refractivity (Wildman–Crippen MR) is 94.5 cm³/mol. The molecule has 1 spiro atoms. The molecule has 0 aliphatic heterocycles. The van der Waals surface area contributed by atoms with Crippen molar-refractivity contribution in [3.63, 3.8) is 0 Å². The summed E-state index contributed by atoms with van der Waals surface area (Å²) in [5.74, 6) is 5.26. The Kier molecular flexibility index (Phi) is 3.09. The zero-order valence-corrected chi connectivity index (χ0v) is 15.4. The van der Waals surface area contributed by atoms with Gasteiger partial charge in [-0.3, -0.25) is 0 Å². The highest BCUT2D eigenvalue weighted by molar-refractivity contribution is 5.30. The third-order valence-electron chi connectivity index (χ3n) is 8.21. The molecule has 0 N–H and O–H groups in total. The molecule has 0 heterocycles. The largest absolute Gasteiger partial charge is 0.0816 e. The van der Waals surface area contributed by atoms with E-state index in [1.807, 2.05) is 0 Å².